The van der Waals surface area contributed by atoms with Gasteiger partial charge in [-0.15, -0.1) is 0 Å². The highest BCUT2D eigenvalue weighted by Crippen LogP contribution is 2.23. The zero-order valence-corrected chi connectivity index (χ0v) is 13.9. The van der Waals surface area contributed by atoms with Crippen molar-refractivity contribution >= 4 is 11.9 Å². The zero-order chi connectivity index (χ0) is 17.2. The smallest absolute Gasteiger partial charge is 0.320 e. The summed E-state index contributed by atoms with van der Waals surface area (Å²) in [5.41, 5.74) is 1.72. The Morgan fingerprint density at radius 3 is 2.68 bits per heavy atom. The van der Waals surface area contributed by atoms with E-state index < -0.39 is 0 Å². The van der Waals surface area contributed by atoms with Crippen LogP contribution in [0.3, 0.4) is 0 Å². The Hall–Kier alpha value is -2.89. The molecule has 0 radical (unpaired) electrons. The number of benzene rings is 1. The van der Waals surface area contributed by atoms with Crippen LogP contribution in [-0.4, -0.2) is 63.8 Å². The van der Waals surface area contributed by atoms with Gasteiger partial charge in [-0.05, 0) is 23.8 Å². The molecule has 1 aromatic heterocycles. The maximum absolute atomic E-state index is 12.6. The van der Waals surface area contributed by atoms with Crippen molar-refractivity contribution in [2.45, 2.75) is 12.6 Å². The SMILES string of the molecule is O=C(c1ccccc1)N1CCN2C(=O)N(Cc3cccnc3)C[C@H]2C1. The summed E-state index contributed by atoms with van der Waals surface area (Å²) in [6.07, 6.45) is 3.52. The molecule has 6 nitrogen and oxygen atoms in total. The standard InChI is InChI=1S/C19H20N4O2/c24-18(16-6-2-1-3-7-16)21-9-10-23-17(13-21)14-22(19(23)25)12-15-5-4-8-20-11-15/h1-8,11,17H,9-10,12-14H2/t17-/m1/s1. The number of pyridine rings is 1. The van der Waals surface area contributed by atoms with E-state index in [4.69, 9.17) is 0 Å². The van der Waals surface area contributed by atoms with Crippen molar-refractivity contribution in [3.63, 3.8) is 0 Å². The van der Waals surface area contributed by atoms with Gasteiger partial charge < -0.3 is 14.7 Å². The number of carbonyl (C=O) groups excluding carboxylic acids is 2. The minimum Gasteiger partial charge on any atom is -0.335 e. The number of hydrogen-bond donors (Lipinski definition) is 0. The van der Waals surface area contributed by atoms with E-state index in [0.717, 1.165) is 5.56 Å². The minimum absolute atomic E-state index is 0.0402. The number of hydrogen-bond acceptors (Lipinski definition) is 3. The molecule has 1 atom stereocenters. The third-order valence-corrected chi connectivity index (χ3v) is 4.83. The summed E-state index contributed by atoms with van der Waals surface area (Å²) < 4.78 is 0. The lowest BCUT2D eigenvalue weighted by atomic mass is 10.1. The lowest BCUT2D eigenvalue weighted by Gasteiger charge is -2.36. The van der Waals surface area contributed by atoms with E-state index in [-0.39, 0.29) is 18.0 Å². The van der Waals surface area contributed by atoms with Crippen LogP contribution in [0.5, 0.6) is 0 Å². The average molecular weight is 336 g/mol. The van der Waals surface area contributed by atoms with Crippen molar-refractivity contribution in [2.24, 2.45) is 0 Å². The van der Waals surface area contributed by atoms with E-state index in [1.807, 2.05) is 57.2 Å². The van der Waals surface area contributed by atoms with Gasteiger partial charge in [-0.2, -0.15) is 0 Å². The van der Waals surface area contributed by atoms with Gasteiger partial charge in [0.05, 0.1) is 6.04 Å². The summed E-state index contributed by atoms with van der Waals surface area (Å²) in [4.78, 5) is 35.0. The number of fused-ring (bicyclic) bond motifs is 1. The van der Waals surface area contributed by atoms with Crippen LogP contribution in [0.15, 0.2) is 54.9 Å². The fourth-order valence-corrected chi connectivity index (χ4v) is 3.57. The molecule has 0 aliphatic carbocycles. The van der Waals surface area contributed by atoms with Gasteiger partial charge in [0.1, 0.15) is 0 Å². The molecular formula is C19H20N4O2. The summed E-state index contributed by atoms with van der Waals surface area (Å²) in [6, 6.07) is 13.3. The van der Waals surface area contributed by atoms with Gasteiger partial charge in [-0.25, -0.2) is 4.79 Å². The van der Waals surface area contributed by atoms with E-state index in [1.54, 1.807) is 12.4 Å². The third-order valence-electron chi connectivity index (χ3n) is 4.83. The first-order chi connectivity index (χ1) is 12.2. The fourth-order valence-electron chi connectivity index (χ4n) is 3.57. The van der Waals surface area contributed by atoms with Gasteiger partial charge in [0.2, 0.25) is 0 Å². The third kappa shape index (κ3) is 3.07. The van der Waals surface area contributed by atoms with Crippen LogP contribution < -0.4 is 0 Å². The number of urea groups is 1. The van der Waals surface area contributed by atoms with Gasteiger partial charge in [0.25, 0.3) is 5.91 Å². The maximum Gasteiger partial charge on any atom is 0.320 e. The van der Waals surface area contributed by atoms with Gasteiger partial charge in [0, 0.05) is 50.7 Å². The highest BCUT2D eigenvalue weighted by molar-refractivity contribution is 5.94. The molecule has 2 fully saturated rings. The van der Waals surface area contributed by atoms with Crippen LogP contribution in [0.2, 0.25) is 0 Å². The molecule has 4 rings (SSSR count). The average Bonchev–Trinajstić information content (AvgIpc) is 2.97. The number of rotatable bonds is 3. The highest BCUT2D eigenvalue weighted by atomic mass is 16.2. The Bertz CT molecular complexity index is 766. The Morgan fingerprint density at radius 1 is 1.08 bits per heavy atom. The molecule has 2 saturated heterocycles. The van der Waals surface area contributed by atoms with E-state index in [9.17, 15) is 9.59 Å². The number of nitrogens with zero attached hydrogens (tertiary/aromatic N) is 4. The van der Waals surface area contributed by atoms with Crippen molar-refractivity contribution in [1.82, 2.24) is 19.7 Å². The molecular weight excluding hydrogens is 316 g/mol. The monoisotopic (exact) mass is 336 g/mol. The van der Waals surface area contributed by atoms with Crippen LogP contribution in [0.25, 0.3) is 0 Å². The Morgan fingerprint density at radius 2 is 1.92 bits per heavy atom. The molecule has 2 aliphatic rings. The normalized spacial score (nSPS) is 19.9. The van der Waals surface area contributed by atoms with Crippen molar-refractivity contribution < 1.29 is 9.59 Å². The first kappa shape index (κ1) is 15.6. The van der Waals surface area contributed by atoms with Crippen LogP contribution in [0, 0.1) is 0 Å². The summed E-state index contributed by atoms with van der Waals surface area (Å²) in [5.74, 6) is 0.0402. The lowest BCUT2D eigenvalue weighted by molar-refractivity contribution is 0.0617. The summed E-state index contributed by atoms with van der Waals surface area (Å²) in [5, 5.41) is 0. The van der Waals surface area contributed by atoms with E-state index in [0.29, 0.717) is 38.3 Å². The molecule has 1 aromatic carbocycles. The second kappa shape index (κ2) is 6.55. The molecule has 6 heteroatoms. The Balaban J connectivity index is 1.43. The molecule has 128 valence electrons. The number of carbonyl (C=O) groups is 2. The van der Waals surface area contributed by atoms with Crippen LogP contribution in [-0.2, 0) is 6.54 Å². The maximum atomic E-state index is 12.6. The number of amides is 3. The van der Waals surface area contributed by atoms with Gasteiger partial charge in [-0.1, -0.05) is 24.3 Å². The Labute approximate surface area is 146 Å². The second-order valence-electron chi connectivity index (χ2n) is 6.49. The molecule has 0 N–H and O–H groups in total. The molecule has 2 aromatic rings. The van der Waals surface area contributed by atoms with Gasteiger partial charge in [0.15, 0.2) is 0 Å². The molecule has 0 saturated carbocycles. The molecule has 25 heavy (non-hydrogen) atoms. The highest BCUT2D eigenvalue weighted by Gasteiger charge is 2.41. The number of aromatic nitrogens is 1. The topological polar surface area (TPSA) is 56.8 Å². The lowest BCUT2D eigenvalue weighted by Crippen LogP contribution is -2.53. The zero-order valence-electron chi connectivity index (χ0n) is 13.9. The van der Waals surface area contributed by atoms with Gasteiger partial charge >= 0.3 is 6.03 Å². The Kier molecular flexibility index (Phi) is 4.09. The fraction of sp³-hybridized carbons (Fsp3) is 0.316. The van der Waals surface area contributed by atoms with E-state index >= 15 is 0 Å². The van der Waals surface area contributed by atoms with Crippen molar-refractivity contribution in [3.05, 3.63) is 66.0 Å². The van der Waals surface area contributed by atoms with Crippen LogP contribution in [0.1, 0.15) is 15.9 Å². The number of piperazine rings is 1. The molecule has 2 aliphatic heterocycles. The molecule has 0 unspecified atom stereocenters. The predicted octanol–water partition coefficient (Wildman–Crippen LogP) is 1.84. The molecule has 0 bridgehead atoms. The van der Waals surface area contributed by atoms with E-state index in [1.165, 1.54) is 0 Å². The first-order valence-electron chi connectivity index (χ1n) is 8.51. The minimum atomic E-state index is 0.0402. The largest absolute Gasteiger partial charge is 0.335 e. The first-order valence-corrected chi connectivity index (χ1v) is 8.51. The van der Waals surface area contributed by atoms with Gasteiger partial charge in [-0.3, -0.25) is 9.78 Å². The molecule has 3 heterocycles. The summed E-state index contributed by atoms with van der Waals surface area (Å²) >= 11 is 0. The summed E-state index contributed by atoms with van der Waals surface area (Å²) in [7, 11) is 0. The van der Waals surface area contributed by atoms with E-state index in [2.05, 4.69) is 4.98 Å². The molecule has 0 spiro atoms. The van der Waals surface area contributed by atoms with Crippen molar-refractivity contribution in [1.29, 1.82) is 0 Å². The van der Waals surface area contributed by atoms with Crippen LogP contribution >= 0.6 is 0 Å². The van der Waals surface area contributed by atoms with Crippen LogP contribution in [0.4, 0.5) is 4.79 Å². The molecule has 3 amide bonds. The second-order valence-corrected chi connectivity index (χ2v) is 6.49. The summed E-state index contributed by atoms with van der Waals surface area (Å²) in [6.45, 7) is 2.96. The van der Waals surface area contributed by atoms with Crippen molar-refractivity contribution in [3.8, 4) is 0 Å². The van der Waals surface area contributed by atoms with Crippen molar-refractivity contribution in [2.75, 3.05) is 26.2 Å². The quantitative estimate of drug-likeness (QED) is 0.859. The predicted molar refractivity (Wildman–Crippen MR) is 92.9 cm³/mol.